The number of nitrogens with one attached hydrogen (secondary N) is 1. The number of alkyl halides is 3. The van der Waals surface area contributed by atoms with Gasteiger partial charge in [-0.25, -0.2) is 0 Å². The molecule has 2 rings (SSSR count). The van der Waals surface area contributed by atoms with Crippen LogP contribution in [0.3, 0.4) is 0 Å². The van der Waals surface area contributed by atoms with E-state index >= 15 is 0 Å². The van der Waals surface area contributed by atoms with Crippen LogP contribution in [0.25, 0.3) is 0 Å². The Bertz CT molecular complexity index is 467. The normalized spacial score (nSPS) is 26.1. The minimum atomic E-state index is -4.27. The van der Waals surface area contributed by atoms with Crippen molar-refractivity contribution in [3.05, 3.63) is 35.4 Å². The Labute approximate surface area is 118 Å². The highest BCUT2D eigenvalue weighted by molar-refractivity contribution is 5.41. The van der Waals surface area contributed by atoms with Crippen LogP contribution in [0, 0.1) is 11.8 Å². The lowest BCUT2D eigenvalue weighted by molar-refractivity contribution is -0.138. The maximum Gasteiger partial charge on any atom is 0.416 e. The molecular weight excluding hydrogens is 263 g/mol. The van der Waals surface area contributed by atoms with Gasteiger partial charge in [0.25, 0.3) is 0 Å². The van der Waals surface area contributed by atoms with E-state index < -0.39 is 11.7 Å². The highest BCUT2D eigenvalue weighted by Gasteiger charge is 2.53. The van der Waals surface area contributed by atoms with Gasteiger partial charge in [-0.1, -0.05) is 39.0 Å². The molecule has 0 heterocycles. The van der Waals surface area contributed by atoms with Gasteiger partial charge in [0.2, 0.25) is 0 Å². The van der Waals surface area contributed by atoms with E-state index in [9.17, 15) is 13.2 Å². The van der Waals surface area contributed by atoms with Crippen LogP contribution in [0.1, 0.15) is 38.3 Å². The van der Waals surface area contributed by atoms with E-state index in [1.165, 1.54) is 12.1 Å². The van der Waals surface area contributed by atoms with Gasteiger partial charge in [-0.2, -0.15) is 13.2 Å². The molecule has 20 heavy (non-hydrogen) atoms. The van der Waals surface area contributed by atoms with E-state index in [2.05, 4.69) is 19.2 Å². The summed E-state index contributed by atoms with van der Waals surface area (Å²) in [6.07, 6.45) is -3.44. The van der Waals surface area contributed by atoms with Crippen LogP contribution in [-0.4, -0.2) is 13.1 Å². The lowest BCUT2D eigenvalue weighted by Crippen LogP contribution is -2.25. The van der Waals surface area contributed by atoms with E-state index in [1.807, 2.05) is 6.92 Å². The molecule has 0 aromatic heterocycles. The molecule has 1 aromatic carbocycles. The number of halogens is 3. The first kappa shape index (κ1) is 15.4. The Morgan fingerprint density at radius 2 is 1.95 bits per heavy atom. The third-order valence-corrected chi connectivity index (χ3v) is 4.20. The Morgan fingerprint density at radius 1 is 1.30 bits per heavy atom. The van der Waals surface area contributed by atoms with Crippen molar-refractivity contribution >= 4 is 0 Å². The summed E-state index contributed by atoms with van der Waals surface area (Å²) in [6, 6.07) is 5.99. The molecule has 0 aliphatic heterocycles. The Hall–Kier alpha value is -1.03. The predicted molar refractivity (Wildman–Crippen MR) is 74.6 cm³/mol. The number of hydrogen-bond donors (Lipinski definition) is 1. The quantitative estimate of drug-likeness (QED) is 0.853. The summed E-state index contributed by atoms with van der Waals surface area (Å²) < 4.78 is 39.2. The Kier molecular flexibility index (Phi) is 4.14. The first-order valence-electron chi connectivity index (χ1n) is 7.12. The first-order valence-corrected chi connectivity index (χ1v) is 7.12. The zero-order valence-electron chi connectivity index (χ0n) is 12.2. The molecule has 4 heteroatoms. The van der Waals surface area contributed by atoms with Gasteiger partial charge in [0.05, 0.1) is 5.56 Å². The summed E-state index contributed by atoms with van der Waals surface area (Å²) in [5.41, 5.74) is -0.367. The average molecular weight is 285 g/mol. The van der Waals surface area contributed by atoms with Crippen LogP contribution in [0.15, 0.2) is 24.3 Å². The third-order valence-electron chi connectivity index (χ3n) is 4.20. The number of rotatable bonds is 5. The molecule has 0 amide bonds. The molecule has 1 aliphatic carbocycles. The highest BCUT2D eigenvalue weighted by Crippen LogP contribution is 2.56. The van der Waals surface area contributed by atoms with Gasteiger partial charge in [0, 0.05) is 0 Å². The van der Waals surface area contributed by atoms with E-state index in [-0.39, 0.29) is 5.41 Å². The van der Waals surface area contributed by atoms with Crippen LogP contribution in [0.4, 0.5) is 13.2 Å². The standard InChI is InChI=1S/C16H22F3N/c1-11(2)9-20-10-12-8-15(12,3)13-6-4-5-7-14(13)16(17,18)19/h4-7,11-12,20H,8-10H2,1-3H3. The summed E-state index contributed by atoms with van der Waals surface area (Å²) in [5.74, 6) is 0.854. The van der Waals surface area contributed by atoms with Crippen LogP contribution in [-0.2, 0) is 11.6 Å². The second-order valence-electron chi connectivity index (χ2n) is 6.41. The third kappa shape index (κ3) is 3.17. The van der Waals surface area contributed by atoms with Gasteiger partial charge in [0.1, 0.15) is 0 Å². The van der Waals surface area contributed by atoms with Gasteiger partial charge < -0.3 is 5.32 Å². The first-order chi connectivity index (χ1) is 9.25. The van der Waals surface area contributed by atoms with Crippen LogP contribution < -0.4 is 5.32 Å². The summed E-state index contributed by atoms with van der Waals surface area (Å²) in [7, 11) is 0. The minimum absolute atomic E-state index is 0.296. The van der Waals surface area contributed by atoms with E-state index in [4.69, 9.17) is 0 Å². The molecule has 2 atom stereocenters. The lowest BCUT2D eigenvalue weighted by Gasteiger charge is -2.19. The van der Waals surface area contributed by atoms with Crippen molar-refractivity contribution in [3.63, 3.8) is 0 Å². The fourth-order valence-corrected chi connectivity index (χ4v) is 2.85. The minimum Gasteiger partial charge on any atom is -0.316 e. The number of hydrogen-bond acceptors (Lipinski definition) is 1. The second-order valence-corrected chi connectivity index (χ2v) is 6.41. The van der Waals surface area contributed by atoms with Gasteiger partial charge in [-0.3, -0.25) is 0 Å². The van der Waals surface area contributed by atoms with Gasteiger partial charge in [-0.15, -0.1) is 0 Å². The van der Waals surface area contributed by atoms with Gasteiger partial charge in [-0.05, 0) is 48.4 Å². The summed E-state index contributed by atoms with van der Waals surface area (Å²) in [4.78, 5) is 0. The maximum atomic E-state index is 13.1. The molecule has 1 saturated carbocycles. The molecule has 112 valence electrons. The molecule has 0 radical (unpaired) electrons. The average Bonchev–Trinajstić information content (AvgIpc) is 3.00. The molecule has 1 aromatic rings. The fraction of sp³-hybridized carbons (Fsp3) is 0.625. The molecule has 1 N–H and O–H groups in total. The molecule has 1 fully saturated rings. The van der Waals surface area contributed by atoms with Gasteiger partial charge in [0.15, 0.2) is 0 Å². The Balaban J connectivity index is 2.10. The fourth-order valence-electron chi connectivity index (χ4n) is 2.85. The van der Waals surface area contributed by atoms with Crippen LogP contribution in [0.5, 0.6) is 0 Å². The van der Waals surface area contributed by atoms with Crippen molar-refractivity contribution in [3.8, 4) is 0 Å². The number of benzene rings is 1. The molecular formula is C16H22F3N. The summed E-state index contributed by atoms with van der Waals surface area (Å²) in [6.45, 7) is 7.89. The van der Waals surface area contributed by atoms with E-state index in [1.54, 1.807) is 12.1 Å². The summed E-state index contributed by atoms with van der Waals surface area (Å²) >= 11 is 0. The topological polar surface area (TPSA) is 12.0 Å². The van der Waals surface area contributed by atoms with Gasteiger partial charge >= 0.3 is 6.18 Å². The van der Waals surface area contributed by atoms with E-state index in [0.29, 0.717) is 17.4 Å². The molecule has 2 unspecified atom stereocenters. The molecule has 1 aliphatic rings. The SMILES string of the molecule is CC(C)CNCC1CC1(C)c1ccccc1C(F)(F)F. The molecule has 0 spiro atoms. The lowest BCUT2D eigenvalue weighted by atomic mass is 9.90. The van der Waals surface area contributed by atoms with E-state index in [0.717, 1.165) is 19.5 Å². The molecule has 0 saturated heterocycles. The zero-order chi connectivity index (χ0) is 15.0. The predicted octanol–water partition coefficient (Wildman–Crippen LogP) is 4.23. The molecule has 0 bridgehead atoms. The van der Waals surface area contributed by atoms with Crippen molar-refractivity contribution in [2.75, 3.05) is 13.1 Å². The maximum absolute atomic E-state index is 13.1. The second kappa shape index (κ2) is 5.40. The summed E-state index contributed by atoms with van der Waals surface area (Å²) in [5, 5.41) is 3.35. The van der Waals surface area contributed by atoms with Crippen molar-refractivity contribution in [2.24, 2.45) is 11.8 Å². The van der Waals surface area contributed by atoms with Crippen molar-refractivity contribution in [2.45, 2.75) is 38.8 Å². The zero-order valence-corrected chi connectivity index (χ0v) is 12.2. The van der Waals surface area contributed by atoms with Crippen LogP contribution >= 0.6 is 0 Å². The Morgan fingerprint density at radius 3 is 2.55 bits per heavy atom. The molecule has 1 nitrogen and oxygen atoms in total. The highest BCUT2D eigenvalue weighted by atomic mass is 19.4. The largest absolute Gasteiger partial charge is 0.416 e. The van der Waals surface area contributed by atoms with Crippen molar-refractivity contribution in [1.29, 1.82) is 0 Å². The smallest absolute Gasteiger partial charge is 0.316 e. The van der Waals surface area contributed by atoms with Crippen molar-refractivity contribution in [1.82, 2.24) is 5.32 Å². The van der Waals surface area contributed by atoms with Crippen molar-refractivity contribution < 1.29 is 13.2 Å². The van der Waals surface area contributed by atoms with Crippen LogP contribution in [0.2, 0.25) is 0 Å². The monoisotopic (exact) mass is 285 g/mol.